The molecule has 0 aliphatic rings. The topological polar surface area (TPSA) is 34.9 Å². The fourth-order valence-corrected chi connectivity index (χ4v) is 1.37. The average molecular weight is 208 g/mol. The first-order valence-corrected chi connectivity index (χ1v) is 5.29. The molecule has 1 aromatic rings. The Labute approximate surface area is 87.9 Å². The Morgan fingerprint density at radius 3 is 3.07 bits per heavy atom. The van der Waals surface area contributed by atoms with Gasteiger partial charge in [-0.05, 0) is 12.0 Å². The van der Waals surface area contributed by atoms with Crippen LogP contribution in [0, 0.1) is 11.8 Å². The minimum atomic E-state index is 0.143. The highest BCUT2D eigenvalue weighted by atomic mass is 32.2. The molecule has 74 valence electrons. The predicted molar refractivity (Wildman–Crippen MR) is 57.8 cm³/mol. The van der Waals surface area contributed by atoms with Crippen molar-refractivity contribution in [2.24, 2.45) is 7.05 Å². The molecule has 1 aromatic heterocycles. The zero-order valence-electron chi connectivity index (χ0n) is 8.28. The van der Waals surface area contributed by atoms with Crippen molar-refractivity contribution < 1.29 is 4.79 Å². The summed E-state index contributed by atoms with van der Waals surface area (Å²) in [7, 11) is 1.86. The van der Waals surface area contributed by atoms with Gasteiger partial charge in [0.15, 0.2) is 5.12 Å². The van der Waals surface area contributed by atoms with Gasteiger partial charge in [0.2, 0.25) is 0 Å². The highest BCUT2D eigenvalue weighted by Gasteiger charge is 1.91. The zero-order valence-corrected chi connectivity index (χ0v) is 9.10. The van der Waals surface area contributed by atoms with E-state index in [4.69, 9.17) is 0 Å². The van der Waals surface area contributed by atoms with Crippen molar-refractivity contribution in [3.8, 4) is 11.8 Å². The molecule has 4 heteroatoms. The maximum Gasteiger partial charge on any atom is 0.185 e. The number of aromatic nitrogens is 2. The standard InChI is InChI=1S/C10H12N2OS/c1-9(13)14-8-4-3-5-10-6-7-12(2)11-10/h6-7H,4,8H2,1-2H3. The van der Waals surface area contributed by atoms with E-state index < -0.39 is 0 Å². The van der Waals surface area contributed by atoms with Crippen LogP contribution < -0.4 is 0 Å². The number of aryl methyl sites for hydroxylation is 1. The Kier molecular flexibility index (Phi) is 4.27. The minimum Gasteiger partial charge on any atom is -0.288 e. The molecule has 0 N–H and O–H groups in total. The van der Waals surface area contributed by atoms with E-state index in [2.05, 4.69) is 16.9 Å². The smallest absolute Gasteiger partial charge is 0.185 e. The lowest BCUT2D eigenvalue weighted by atomic mass is 10.4. The van der Waals surface area contributed by atoms with E-state index in [0.717, 1.165) is 17.9 Å². The quantitative estimate of drug-likeness (QED) is 0.545. The lowest BCUT2D eigenvalue weighted by Crippen LogP contribution is -1.87. The van der Waals surface area contributed by atoms with Gasteiger partial charge >= 0.3 is 0 Å². The fraction of sp³-hybridized carbons (Fsp3) is 0.400. The predicted octanol–water partition coefficient (Wildman–Crippen LogP) is 1.44. The summed E-state index contributed by atoms with van der Waals surface area (Å²) in [5.41, 5.74) is 0.778. The van der Waals surface area contributed by atoms with E-state index in [1.807, 2.05) is 19.3 Å². The summed E-state index contributed by atoms with van der Waals surface area (Å²) >= 11 is 1.30. The molecule has 0 aromatic carbocycles. The van der Waals surface area contributed by atoms with Gasteiger partial charge in [0.1, 0.15) is 5.69 Å². The van der Waals surface area contributed by atoms with Gasteiger partial charge in [-0.2, -0.15) is 5.10 Å². The van der Waals surface area contributed by atoms with Gasteiger partial charge in [0.05, 0.1) is 0 Å². The number of carbonyl (C=O) groups is 1. The van der Waals surface area contributed by atoms with Crippen molar-refractivity contribution in [1.29, 1.82) is 0 Å². The van der Waals surface area contributed by atoms with E-state index >= 15 is 0 Å². The van der Waals surface area contributed by atoms with Crippen LogP contribution in [0.2, 0.25) is 0 Å². The maximum atomic E-state index is 10.6. The number of carbonyl (C=O) groups excluding carboxylic acids is 1. The molecule has 0 amide bonds. The van der Waals surface area contributed by atoms with Gasteiger partial charge in [-0.25, -0.2) is 0 Å². The first kappa shape index (κ1) is 10.9. The molecule has 0 aliphatic heterocycles. The third-order valence-corrected chi connectivity index (χ3v) is 2.28. The van der Waals surface area contributed by atoms with Crippen molar-refractivity contribution in [3.63, 3.8) is 0 Å². The van der Waals surface area contributed by atoms with Crippen molar-refractivity contribution in [1.82, 2.24) is 9.78 Å². The molecule has 0 saturated carbocycles. The number of rotatable bonds is 2. The molecule has 0 saturated heterocycles. The summed E-state index contributed by atoms with van der Waals surface area (Å²) < 4.78 is 1.72. The Morgan fingerprint density at radius 1 is 1.71 bits per heavy atom. The minimum absolute atomic E-state index is 0.143. The number of thioether (sulfide) groups is 1. The van der Waals surface area contributed by atoms with E-state index in [-0.39, 0.29) is 5.12 Å². The molecule has 0 atom stereocenters. The van der Waals surface area contributed by atoms with Crippen LogP contribution in [0.4, 0.5) is 0 Å². The third kappa shape index (κ3) is 4.15. The summed E-state index contributed by atoms with van der Waals surface area (Å²) in [5.74, 6) is 6.66. The van der Waals surface area contributed by atoms with Gasteiger partial charge in [0, 0.05) is 32.3 Å². The normalized spacial score (nSPS) is 9.29. The monoisotopic (exact) mass is 208 g/mol. The third-order valence-electron chi connectivity index (χ3n) is 1.46. The fourth-order valence-electron chi connectivity index (χ4n) is 0.881. The Hall–Kier alpha value is -1.21. The maximum absolute atomic E-state index is 10.6. The lowest BCUT2D eigenvalue weighted by molar-refractivity contribution is -0.109. The van der Waals surface area contributed by atoms with Crippen LogP contribution in [0.15, 0.2) is 12.3 Å². The van der Waals surface area contributed by atoms with Crippen molar-refractivity contribution in [2.45, 2.75) is 13.3 Å². The molecule has 0 bridgehead atoms. The average Bonchev–Trinajstić information content (AvgIpc) is 2.50. The van der Waals surface area contributed by atoms with Crippen LogP contribution in [0.3, 0.4) is 0 Å². The molecule has 1 heterocycles. The van der Waals surface area contributed by atoms with E-state index in [1.54, 1.807) is 11.6 Å². The molecule has 0 fully saturated rings. The van der Waals surface area contributed by atoms with E-state index in [0.29, 0.717) is 0 Å². The van der Waals surface area contributed by atoms with Crippen LogP contribution >= 0.6 is 11.8 Å². The molecule has 0 radical (unpaired) electrons. The van der Waals surface area contributed by atoms with Gasteiger partial charge in [0.25, 0.3) is 0 Å². The van der Waals surface area contributed by atoms with Crippen LogP contribution in [-0.2, 0) is 11.8 Å². The van der Waals surface area contributed by atoms with Gasteiger partial charge in [-0.3, -0.25) is 9.48 Å². The highest BCUT2D eigenvalue weighted by molar-refractivity contribution is 8.13. The molecular weight excluding hydrogens is 196 g/mol. The van der Waals surface area contributed by atoms with Crippen LogP contribution in [0.1, 0.15) is 19.0 Å². The van der Waals surface area contributed by atoms with Crippen molar-refractivity contribution in [3.05, 3.63) is 18.0 Å². The highest BCUT2D eigenvalue weighted by Crippen LogP contribution is 2.02. The summed E-state index contributed by atoms with van der Waals surface area (Å²) in [6.45, 7) is 1.57. The molecular formula is C10H12N2OS. The molecule has 1 rings (SSSR count). The first-order chi connectivity index (χ1) is 6.68. The number of hydrogen-bond donors (Lipinski definition) is 0. The molecule has 0 spiro atoms. The second-order valence-electron chi connectivity index (χ2n) is 2.77. The summed E-state index contributed by atoms with van der Waals surface area (Å²) in [4.78, 5) is 10.6. The second-order valence-corrected chi connectivity index (χ2v) is 4.04. The Balaban J connectivity index is 2.30. The SMILES string of the molecule is CC(=O)SCCC#Cc1ccn(C)n1. The lowest BCUT2D eigenvalue weighted by Gasteiger charge is -1.87. The van der Waals surface area contributed by atoms with Gasteiger partial charge < -0.3 is 0 Å². The zero-order chi connectivity index (χ0) is 10.4. The van der Waals surface area contributed by atoms with Gasteiger partial charge in [-0.1, -0.05) is 17.7 Å². The molecule has 14 heavy (non-hydrogen) atoms. The number of nitrogens with zero attached hydrogens (tertiary/aromatic N) is 2. The van der Waals surface area contributed by atoms with E-state index in [9.17, 15) is 4.79 Å². The Bertz CT molecular complexity index is 373. The van der Waals surface area contributed by atoms with Crippen LogP contribution in [0.5, 0.6) is 0 Å². The summed E-state index contributed by atoms with van der Waals surface area (Å²) in [5, 5.41) is 4.26. The summed E-state index contributed by atoms with van der Waals surface area (Å²) in [6.07, 6.45) is 2.58. The number of hydrogen-bond acceptors (Lipinski definition) is 3. The molecule has 3 nitrogen and oxygen atoms in total. The largest absolute Gasteiger partial charge is 0.288 e. The Morgan fingerprint density at radius 2 is 2.50 bits per heavy atom. The molecule has 0 unspecified atom stereocenters. The van der Waals surface area contributed by atoms with Gasteiger partial charge in [-0.15, -0.1) is 0 Å². The van der Waals surface area contributed by atoms with Crippen molar-refractivity contribution in [2.75, 3.05) is 5.75 Å². The van der Waals surface area contributed by atoms with Crippen LogP contribution in [0.25, 0.3) is 0 Å². The second kappa shape index (κ2) is 5.51. The van der Waals surface area contributed by atoms with Crippen LogP contribution in [-0.4, -0.2) is 20.6 Å². The summed E-state index contributed by atoms with van der Waals surface area (Å²) in [6, 6.07) is 1.87. The van der Waals surface area contributed by atoms with E-state index in [1.165, 1.54) is 11.8 Å². The van der Waals surface area contributed by atoms with Crippen molar-refractivity contribution >= 4 is 16.9 Å². The first-order valence-electron chi connectivity index (χ1n) is 4.30. The molecule has 0 aliphatic carbocycles.